The zero-order valence-electron chi connectivity index (χ0n) is 11.5. The maximum Gasteiger partial charge on any atom is 0.313 e. The average Bonchev–Trinajstić information content (AvgIpc) is 2.54. The normalized spacial score (nSPS) is 13.7. The molecule has 0 aliphatic heterocycles. The second-order valence-electron chi connectivity index (χ2n) is 5.51. The second kappa shape index (κ2) is 5.26. The van der Waals surface area contributed by atoms with Crippen molar-refractivity contribution in [2.75, 3.05) is 0 Å². The van der Waals surface area contributed by atoms with Crippen LogP contribution in [-0.2, 0) is 19.9 Å². The molecule has 0 saturated heterocycles. The van der Waals surface area contributed by atoms with E-state index in [0.29, 0.717) is 24.2 Å². The smallest absolute Gasteiger partial charge is 0.265 e. The summed E-state index contributed by atoms with van der Waals surface area (Å²) in [5, 5.41) is 15.2. The van der Waals surface area contributed by atoms with Crippen molar-refractivity contribution in [1.82, 2.24) is 9.78 Å². The summed E-state index contributed by atoms with van der Waals surface area (Å²) in [5.41, 5.74) is 1.14. The second-order valence-corrected chi connectivity index (χ2v) is 6.04. The van der Waals surface area contributed by atoms with Crippen LogP contribution in [0.15, 0.2) is 0 Å². The average molecular weight is 274 g/mol. The van der Waals surface area contributed by atoms with E-state index in [2.05, 4.69) is 5.10 Å². The van der Waals surface area contributed by atoms with Gasteiger partial charge >= 0.3 is 5.69 Å². The van der Waals surface area contributed by atoms with Crippen LogP contribution in [0.2, 0.25) is 0 Å². The summed E-state index contributed by atoms with van der Waals surface area (Å²) in [4.78, 5) is 10.8. The van der Waals surface area contributed by atoms with E-state index in [9.17, 15) is 10.1 Å². The molecule has 18 heavy (non-hydrogen) atoms. The lowest BCUT2D eigenvalue weighted by atomic mass is 9.89. The molecular formula is C12H20ClN3O2. The van der Waals surface area contributed by atoms with E-state index in [0.717, 1.165) is 0 Å². The van der Waals surface area contributed by atoms with Gasteiger partial charge in [0.2, 0.25) is 0 Å². The third kappa shape index (κ3) is 3.02. The van der Waals surface area contributed by atoms with Gasteiger partial charge in [-0.05, 0) is 11.8 Å². The molecule has 0 spiro atoms. The minimum Gasteiger partial charge on any atom is -0.265 e. The van der Waals surface area contributed by atoms with Gasteiger partial charge in [0.05, 0.1) is 4.92 Å². The third-order valence-corrected chi connectivity index (χ3v) is 3.85. The number of nitrogens with zero attached hydrogens (tertiary/aromatic N) is 3. The van der Waals surface area contributed by atoms with Crippen LogP contribution in [0.25, 0.3) is 0 Å². The molecule has 0 radical (unpaired) electrons. The van der Waals surface area contributed by atoms with Crippen LogP contribution in [0.1, 0.15) is 39.1 Å². The standard InChI is InChI=1S/C12H20ClN3O2/c1-6-8-11(16(17)18)9(15(5)14-8)7-10(13)12(2,3)4/h10H,6-7H2,1-5H3. The van der Waals surface area contributed by atoms with E-state index < -0.39 is 0 Å². The van der Waals surface area contributed by atoms with Gasteiger partial charge in [0, 0.05) is 18.8 Å². The Kier molecular flexibility index (Phi) is 4.37. The Morgan fingerprint density at radius 1 is 1.50 bits per heavy atom. The molecule has 0 amide bonds. The largest absolute Gasteiger partial charge is 0.313 e. The fourth-order valence-corrected chi connectivity index (χ4v) is 1.91. The van der Waals surface area contributed by atoms with Crippen molar-refractivity contribution in [3.05, 3.63) is 21.5 Å². The highest BCUT2D eigenvalue weighted by Gasteiger charge is 2.30. The molecule has 0 N–H and O–H groups in total. The molecule has 102 valence electrons. The van der Waals surface area contributed by atoms with Gasteiger partial charge < -0.3 is 0 Å². The molecule has 0 aromatic carbocycles. The molecule has 0 bridgehead atoms. The number of aromatic nitrogens is 2. The van der Waals surface area contributed by atoms with Crippen molar-refractivity contribution in [3.63, 3.8) is 0 Å². The summed E-state index contributed by atoms with van der Waals surface area (Å²) >= 11 is 6.33. The predicted octanol–water partition coefficient (Wildman–Crippen LogP) is 3.09. The van der Waals surface area contributed by atoms with Gasteiger partial charge in [-0.25, -0.2) is 0 Å². The molecule has 0 fully saturated rings. The first-order valence-electron chi connectivity index (χ1n) is 6.01. The first-order chi connectivity index (χ1) is 8.18. The Bertz CT molecular complexity index is 449. The highest BCUT2D eigenvalue weighted by molar-refractivity contribution is 6.21. The fraction of sp³-hybridized carbons (Fsp3) is 0.750. The number of alkyl halides is 1. The number of nitro groups is 1. The van der Waals surface area contributed by atoms with Crippen molar-refractivity contribution in [2.24, 2.45) is 12.5 Å². The van der Waals surface area contributed by atoms with Crippen LogP contribution in [0.4, 0.5) is 5.69 Å². The summed E-state index contributed by atoms with van der Waals surface area (Å²) in [6.45, 7) is 7.93. The lowest BCUT2D eigenvalue weighted by Crippen LogP contribution is -2.24. The zero-order valence-corrected chi connectivity index (χ0v) is 12.3. The molecule has 6 heteroatoms. The van der Waals surface area contributed by atoms with E-state index in [1.165, 1.54) is 0 Å². The molecule has 1 heterocycles. The number of halogens is 1. The van der Waals surface area contributed by atoms with E-state index in [-0.39, 0.29) is 21.4 Å². The highest BCUT2D eigenvalue weighted by Crippen LogP contribution is 2.32. The first kappa shape index (κ1) is 15.0. The molecular weight excluding hydrogens is 254 g/mol. The number of hydrogen-bond donors (Lipinski definition) is 0. The lowest BCUT2D eigenvalue weighted by molar-refractivity contribution is -0.386. The van der Waals surface area contributed by atoms with E-state index in [1.807, 2.05) is 27.7 Å². The number of rotatable bonds is 4. The van der Waals surface area contributed by atoms with Crippen LogP contribution in [-0.4, -0.2) is 20.1 Å². The summed E-state index contributed by atoms with van der Waals surface area (Å²) in [6.07, 6.45) is 0.998. The first-order valence-corrected chi connectivity index (χ1v) is 6.45. The summed E-state index contributed by atoms with van der Waals surface area (Å²) < 4.78 is 1.58. The topological polar surface area (TPSA) is 61.0 Å². The predicted molar refractivity (Wildman–Crippen MR) is 72.0 cm³/mol. The fourth-order valence-electron chi connectivity index (χ4n) is 1.76. The quantitative estimate of drug-likeness (QED) is 0.481. The van der Waals surface area contributed by atoms with Gasteiger partial charge in [0.25, 0.3) is 0 Å². The monoisotopic (exact) mass is 273 g/mol. The van der Waals surface area contributed by atoms with Crippen molar-refractivity contribution in [3.8, 4) is 0 Å². The van der Waals surface area contributed by atoms with Gasteiger partial charge in [-0.3, -0.25) is 14.8 Å². The maximum atomic E-state index is 11.2. The van der Waals surface area contributed by atoms with Crippen LogP contribution >= 0.6 is 11.6 Å². The molecule has 1 atom stereocenters. The molecule has 5 nitrogen and oxygen atoms in total. The van der Waals surface area contributed by atoms with Crippen LogP contribution < -0.4 is 0 Å². The van der Waals surface area contributed by atoms with E-state index in [4.69, 9.17) is 11.6 Å². The third-order valence-electron chi connectivity index (χ3n) is 3.04. The van der Waals surface area contributed by atoms with Crippen LogP contribution in [0.3, 0.4) is 0 Å². The Morgan fingerprint density at radius 3 is 2.44 bits per heavy atom. The molecule has 1 rings (SSSR count). The van der Waals surface area contributed by atoms with E-state index in [1.54, 1.807) is 11.7 Å². The molecule has 0 aliphatic rings. The van der Waals surface area contributed by atoms with Crippen molar-refractivity contribution in [1.29, 1.82) is 0 Å². The minimum absolute atomic E-state index is 0.105. The zero-order chi connectivity index (χ0) is 14.1. The van der Waals surface area contributed by atoms with Gasteiger partial charge in [-0.15, -0.1) is 11.6 Å². The molecule has 0 aliphatic carbocycles. The Labute approximate surface area is 112 Å². The summed E-state index contributed by atoms with van der Waals surface area (Å²) in [7, 11) is 1.73. The Balaban J connectivity index is 3.16. The molecule has 1 unspecified atom stereocenters. The lowest BCUT2D eigenvalue weighted by Gasteiger charge is -2.24. The molecule has 0 saturated carbocycles. The summed E-state index contributed by atoms with van der Waals surface area (Å²) in [6, 6.07) is 0. The molecule has 1 aromatic heterocycles. The van der Waals surface area contributed by atoms with Gasteiger partial charge in [0.15, 0.2) is 0 Å². The van der Waals surface area contributed by atoms with Crippen molar-refractivity contribution < 1.29 is 4.92 Å². The Hall–Kier alpha value is -1.10. The van der Waals surface area contributed by atoms with Crippen LogP contribution in [0.5, 0.6) is 0 Å². The van der Waals surface area contributed by atoms with Crippen LogP contribution in [0, 0.1) is 15.5 Å². The van der Waals surface area contributed by atoms with E-state index >= 15 is 0 Å². The number of hydrogen-bond acceptors (Lipinski definition) is 3. The summed E-state index contributed by atoms with van der Waals surface area (Å²) in [5.74, 6) is 0. The molecule has 1 aromatic rings. The van der Waals surface area contributed by atoms with Gasteiger partial charge in [-0.1, -0.05) is 27.7 Å². The number of aryl methyl sites for hydroxylation is 2. The Morgan fingerprint density at radius 2 is 2.06 bits per heavy atom. The SMILES string of the molecule is CCc1nn(C)c(CC(Cl)C(C)(C)C)c1[N+](=O)[O-]. The van der Waals surface area contributed by atoms with Crippen molar-refractivity contribution in [2.45, 2.75) is 45.9 Å². The minimum atomic E-state index is -0.354. The maximum absolute atomic E-state index is 11.2. The van der Waals surface area contributed by atoms with Crippen molar-refractivity contribution >= 4 is 17.3 Å². The highest BCUT2D eigenvalue weighted by atomic mass is 35.5. The van der Waals surface area contributed by atoms with Gasteiger partial charge in [-0.2, -0.15) is 5.10 Å². The van der Waals surface area contributed by atoms with Gasteiger partial charge in [0.1, 0.15) is 11.4 Å².